The van der Waals surface area contributed by atoms with Crippen molar-refractivity contribution in [3.05, 3.63) is 27.7 Å². The zero-order valence-electron chi connectivity index (χ0n) is 13.3. The van der Waals surface area contributed by atoms with Crippen LogP contribution in [0.25, 0.3) is 0 Å². The summed E-state index contributed by atoms with van der Waals surface area (Å²) in [5, 5.41) is 13.5. The van der Waals surface area contributed by atoms with E-state index in [0.717, 1.165) is 32.2 Å². The minimum Gasteiger partial charge on any atom is -0.507 e. The van der Waals surface area contributed by atoms with Crippen LogP contribution in [0.2, 0.25) is 0 Å². The summed E-state index contributed by atoms with van der Waals surface area (Å²) < 4.78 is 39.9. The van der Waals surface area contributed by atoms with Gasteiger partial charge < -0.3 is 10.4 Å². The lowest BCUT2D eigenvalue weighted by atomic mass is 9.92. The smallest absolute Gasteiger partial charge is 0.420 e. The van der Waals surface area contributed by atoms with E-state index >= 15 is 0 Å². The van der Waals surface area contributed by atoms with Crippen LogP contribution < -0.4 is 5.32 Å². The number of aromatic hydroxyl groups is 1. The van der Waals surface area contributed by atoms with Crippen LogP contribution in [0.4, 0.5) is 13.2 Å². The molecule has 1 aromatic carbocycles. The first-order valence-electron chi connectivity index (χ1n) is 7.74. The van der Waals surface area contributed by atoms with E-state index in [2.05, 4.69) is 26.1 Å². The van der Waals surface area contributed by atoms with Crippen LogP contribution in [-0.2, 0) is 6.18 Å². The minimum atomic E-state index is -4.57. The summed E-state index contributed by atoms with van der Waals surface area (Å²) in [6.45, 7) is 7.18. The van der Waals surface area contributed by atoms with Gasteiger partial charge in [-0.15, -0.1) is 0 Å². The highest BCUT2D eigenvalue weighted by atomic mass is 79.9. The van der Waals surface area contributed by atoms with E-state index in [4.69, 9.17) is 0 Å². The molecule has 0 aliphatic carbocycles. The van der Waals surface area contributed by atoms with Crippen molar-refractivity contribution in [1.82, 2.24) is 10.2 Å². The molecular formula is C16H22BrF3N2O. The van der Waals surface area contributed by atoms with Crippen molar-refractivity contribution in [3.63, 3.8) is 0 Å². The van der Waals surface area contributed by atoms with Gasteiger partial charge in [-0.2, -0.15) is 13.2 Å². The zero-order valence-corrected chi connectivity index (χ0v) is 14.8. The van der Waals surface area contributed by atoms with Gasteiger partial charge in [0.2, 0.25) is 0 Å². The first-order valence-corrected chi connectivity index (χ1v) is 8.53. The van der Waals surface area contributed by atoms with Crippen LogP contribution in [0, 0.1) is 5.92 Å². The van der Waals surface area contributed by atoms with Crippen molar-refractivity contribution in [2.45, 2.75) is 32.5 Å². The molecule has 7 heteroatoms. The summed E-state index contributed by atoms with van der Waals surface area (Å²) in [5.41, 5.74) is -0.631. The average molecular weight is 395 g/mol. The number of nitrogens with one attached hydrogen (secondary N) is 1. The lowest BCUT2D eigenvalue weighted by molar-refractivity contribution is -0.138. The summed E-state index contributed by atoms with van der Waals surface area (Å²) in [5.74, 6) is -0.340. The Labute approximate surface area is 143 Å². The molecule has 1 atom stereocenters. The number of phenolic OH excluding ortho intramolecular Hbond substituents is 1. The Bertz CT molecular complexity index is 543. The van der Waals surface area contributed by atoms with E-state index in [1.807, 2.05) is 13.8 Å². The van der Waals surface area contributed by atoms with Crippen molar-refractivity contribution < 1.29 is 18.3 Å². The lowest BCUT2D eigenvalue weighted by Gasteiger charge is -2.36. The molecule has 23 heavy (non-hydrogen) atoms. The van der Waals surface area contributed by atoms with Crippen molar-refractivity contribution in [2.75, 3.05) is 26.2 Å². The Kier molecular flexibility index (Phi) is 5.97. The van der Waals surface area contributed by atoms with Crippen molar-refractivity contribution in [2.24, 2.45) is 5.92 Å². The van der Waals surface area contributed by atoms with Crippen molar-refractivity contribution >= 4 is 15.9 Å². The van der Waals surface area contributed by atoms with Crippen LogP contribution >= 0.6 is 15.9 Å². The fourth-order valence-electron chi connectivity index (χ4n) is 3.00. The van der Waals surface area contributed by atoms with Crippen molar-refractivity contribution in [3.8, 4) is 5.75 Å². The first kappa shape index (κ1) is 18.5. The lowest BCUT2D eigenvalue weighted by Crippen LogP contribution is -2.45. The van der Waals surface area contributed by atoms with Crippen LogP contribution in [0.5, 0.6) is 5.75 Å². The van der Waals surface area contributed by atoms with E-state index in [0.29, 0.717) is 22.4 Å². The number of halogens is 4. The number of phenols is 1. The maximum atomic E-state index is 13.2. The second-order valence-corrected chi connectivity index (χ2v) is 7.24. The number of nitrogens with zero attached hydrogens (tertiary/aromatic N) is 1. The second kappa shape index (κ2) is 7.40. The van der Waals surface area contributed by atoms with Gasteiger partial charge in [-0.3, -0.25) is 4.90 Å². The molecule has 0 saturated carbocycles. The molecule has 0 aromatic heterocycles. The molecule has 1 saturated heterocycles. The third-order valence-corrected chi connectivity index (χ3v) is 4.51. The van der Waals surface area contributed by atoms with Gasteiger partial charge in [0.25, 0.3) is 0 Å². The number of alkyl halides is 3. The standard InChI is InChI=1S/C16H22BrF3N2O/c1-10(2)7-14(22-5-3-21-4-6-22)12-8-11(17)9-13(15(12)23)16(18,19)20/h8-10,14,21,23H,3-7H2,1-2H3/t14-/m1/s1. The summed E-state index contributed by atoms with van der Waals surface area (Å²) in [6, 6.07) is 2.32. The van der Waals surface area contributed by atoms with Crippen LogP contribution in [0.3, 0.4) is 0 Å². The van der Waals surface area contributed by atoms with Gasteiger partial charge in [0, 0.05) is 42.3 Å². The Morgan fingerprint density at radius 1 is 1.26 bits per heavy atom. The molecule has 2 rings (SSSR count). The Morgan fingerprint density at radius 2 is 1.87 bits per heavy atom. The fourth-order valence-corrected chi connectivity index (χ4v) is 3.48. The van der Waals surface area contributed by atoms with Crippen LogP contribution in [0.15, 0.2) is 16.6 Å². The first-order chi connectivity index (χ1) is 10.7. The van der Waals surface area contributed by atoms with Gasteiger partial charge in [-0.25, -0.2) is 0 Å². The fraction of sp³-hybridized carbons (Fsp3) is 0.625. The predicted octanol–water partition coefficient (Wildman–Crippen LogP) is 4.17. The van der Waals surface area contributed by atoms with E-state index in [1.54, 1.807) is 6.07 Å². The third-order valence-electron chi connectivity index (χ3n) is 4.06. The highest BCUT2D eigenvalue weighted by Gasteiger charge is 2.37. The molecule has 1 aliphatic heterocycles. The van der Waals surface area contributed by atoms with E-state index < -0.39 is 17.5 Å². The zero-order chi connectivity index (χ0) is 17.2. The van der Waals surface area contributed by atoms with E-state index in [9.17, 15) is 18.3 Å². The molecule has 0 unspecified atom stereocenters. The molecule has 0 radical (unpaired) electrons. The Morgan fingerprint density at radius 3 is 2.39 bits per heavy atom. The Hall–Kier alpha value is -0.790. The molecule has 0 bridgehead atoms. The summed E-state index contributed by atoms with van der Waals surface area (Å²) in [7, 11) is 0. The molecule has 0 amide bonds. The van der Waals surface area contributed by atoms with Gasteiger partial charge in [0.05, 0.1) is 5.56 Å². The molecular weight excluding hydrogens is 373 g/mol. The minimum absolute atomic E-state index is 0.226. The molecule has 1 aromatic rings. The van der Waals surface area contributed by atoms with Gasteiger partial charge in [-0.1, -0.05) is 29.8 Å². The van der Waals surface area contributed by atoms with Gasteiger partial charge in [-0.05, 0) is 24.5 Å². The molecule has 1 aliphatic rings. The number of benzene rings is 1. The number of hydrogen-bond donors (Lipinski definition) is 2. The summed E-state index contributed by atoms with van der Waals surface area (Å²) >= 11 is 3.16. The number of rotatable bonds is 4. The maximum Gasteiger partial charge on any atom is 0.420 e. The average Bonchev–Trinajstić information content (AvgIpc) is 2.46. The molecule has 1 heterocycles. The predicted molar refractivity (Wildman–Crippen MR) is 87.4 cm³/mol. The molecule has 2 N–H and O–H groups in total. The van der Waals surface area contributed by atoms with Crippen molar-refractivity contribution in [1.29, 1.82) is 0 Å². The van der Waals surface area contributed by atoms with Gasteiger partial charge >= 0.3 is 6.18 Å². The van der Waals surface area contributed by atoms with Gasteiger partial charge in [0.15, 0.2) is 0 Å². The van der Waals surface area contributed by atoms with Crippen LogP contribution in [0.1, 0.15) is 37.4 Å². The highest BCUT2D eigenvalue weighted by molar-refractivity contribution is 9.10. The molecule has 130 valence electrons. The maximum absolute atomic E-state index is 13.2. The number of piperazine rings is 1. The largest absolute Gasteiger partial charge is 0.507 e. The number of hydrogen-bond acceptors (Lipinski definition) is 3. The summed E-state index contributed by atoms with van der Waals surface area (Å²) in [6.07, 6.45) is -3.88. The molecule has 3 nitrogen and oxygen atoms in total. The van der Waals surface area contributed by atoms with Gasteiger partial charge in [0.1, 0.15) is 5.75 Å². The third kappa shape index (κ3) is 4.61. The SMILES string of the molecule is CC(C)C[C@H](c1cc(Br)cc(C(F)(F)F)c1O)N1CCNCC1. The normalized spacial score (nSPS) is 18.4. The van der Waals surface area contributed by atoms with Crippen LogP contribution in [-0.4, -0.2) is 36.2 Å². The topological polar surface area (TPSA) is 35.5 Å². The van der Waals surface area contributed by atoms with E-state index in [-0.39, 0.29) is 6.04 Å². The summed E-state index contributed by atoms with van der Waals surface area (Å²) in [4.78, 5) is 2.15. The molecule has 0 spiro atoms. The monoisotopic (exact) mass is 394 g/mol. The molecule has 1 fully saturated rings. The van der Waals surface area contributed by atoms with E-state index in [1.165, 1.54) is 0 Å². The highest BCUT2D eigenvalue weighted by Crippen LogP contribution is 2.43. The second-order valence-electron chi connectivity index (χ2n) is 6.32. The quantitative estimate of drug-likeness (QED) is 0.804. The Balaban J connectivity index is 2.47.